The largest absolute Gasteiger partial charge is 0.497 e. The van der Waals surface area contributed by atoms with E-state index in [0.717, 1.165) is 16.9 Å². The Labute approximate surface area is 184 Å². The van der Waals surface area contributed by atoms with Gasteiger partial charge in [-0.25, -0.2) is 0 Å². The topological polar surface area (TPSA) is 88.3 Å². The van der Waals surface area contributed by atoms with Gasteiger partial charge in [0.25, 0.3) is 11.5 Å². The van der Waals surface area contributed by atoms with E-state index >= 15 is 0 Å². The number of benzene rings is 2. The molecule has 0 saturated heterocycles. The summed E-state index contributed by atoms with van der Waals surface area (Å²) in [5.41, 5.74) is 2.26. The van der Waals surface area contributed by atoms with Gasteiger partial charge in [-0.1, -0.05) is 35.9 Å². The van der Waals surface area contributed by atoms with Crippen LogP contribution in [0.15, 0.2) is 59.4 Å². The molecule has 31 heavy (non-hydrogen) atoms. The lowest BCUT2D eigenvalue weighted by atomic mass is 9.81. The maximum atomic E-state index is 12.8. The summed E-state index contributed by atoms with van der Waals surface area (Å²) >= 11 is 5.86. The number of methoxy groups -OCH3 is 1. The van der Waals surface area contributed by atoms with Gasteiger partial charge in [0.1, 0.15) is 11.3 Å². The van der Waals surface area contributed by atoms with E-state index in [2.05, 4.69) is 10.3 Å². The smallest absolute Gasteiger partial charge is 0.261 e. The number of hydrogen-bond donors (Lipinski definition) is 2. The zero-order chi connectivity index (χ0) is 22.0. The van der Waals surface area contributed by atoms with Crippen LogP contribution in [0.4, 0.5) is 0 Å². The monoisotopic (exact) mass is 436 g/mol. The molecule has 1 aromatic heterocycles. The number of aromatic nitrogens is 1. The third kappa shape index (κ3) is 4.54. The number of Topliss-reactive ketones (excluding diaryl/α,β-unsaturated/α-hetero) is 1. The van der Waals surface area contributed by atoms with E-state index in [4.69, 9.17) is 16.3 Å². The van der Waals surface area contributed by atoms with Crippen LogP contribution in [0.5, 0.6) is 5.75 Å². The molecule has 2 aromatic carbocycles. The number of carbonyl (C=O) groups excluding carboxylic acids is 2. The second kappa shape index (κ2) is 8.78. The number of nitrogens with one attached hydrogen (secondary N) is 2. The highest BCUT2D eigenvalue weighted by atomic mass is 35.5. The Bertz CT molecular complexity index is 1180. The minimum absolute atomic E-state index is 0.0360. The minimum Gasteiger partial charge on any atom is -0.497 e. The Hall–Kier alpha value is -3.38. The van der Waals surface area contributed by atoms with Gasteiger partial charge < -0.3 is 15.0 Å². The van der Waals surface area contributed by atoms with E-state index in [-0.39, 0.29) is 23.8 Å². The maximum absolute atomic E-state index is 12.8. The third-order valence-electron chi connectivity index (χ3n) is 5.50. The number of carbonyl (C=O) groups is 2. The number of aromatic amines is 1. The Morgan fingerprint density at radius 2 is 1.81 bits per heavy atom. The molecule has 0 fully saturated rings. The number of rotatable bonds is 5. The Morgan fingerprint density at radius 3 is 2.48 bits per heavy atom. The number of halogens is 1. The van der Waals surface area contributed by atoms with E-state index in [9.17, 15) is 14.4 Å². The molecular weight excluding hydrogens is 416 g/mol. The zero-order valence-electron chi connectivity index (χ0n) is 16.9. The molecule has 7 heteroatoms. The predicted octanol–water partition coefficient (Wildman–Crippen LogP) is 3.88. The highest BCUT2D eigenvalue weighted by Gasteiger charge is 2.28. The Kier molecular flexibility index (Phi) is 5.91. The quantitative estimate of drug-likeness (QED) is 0.635. The van der Waals surface area contributed by atoms with Gasteiger partial charge in [0.05, 0.1) is 7.11 Å². The molecule has 0 radical (unpaired) electrons. The van der Waals surface area contributed by atoms with Crippen LogP contribution in [0.1, 0.15) is 49.9 Å². The van der Waals surface area contributed by atoms with E-state index in [1.807, 2.05) is 24.3 Å². The summed E-state index contributed by atoms with van der Waals surface area (Å²) in [5, 5.41) is 3.32. The van der Waals surface area contributed by atoms with E-state index in [0.29, 0.717) is 29.1 Å². The van der Waals surface area contributed by atoms with Crippen LogP contribution >= 0.6 is 11.6 Å². The summed E-state index contributed by atoms with van der Waals surface area (Å²) in [6.07, 6.45) is 0.840. The van der Waals surface area contributed by atoms with Crippen LogP contribution in [0.25, 0.3) is 0 Å². The van der Waals surface area contributed by atoms with Crippen molar-refractivity contribution >= 4 is 23.3 Å². The van der Waals surface area contributed by atoms with Gasteiger partial charge in [-0.05, 0) is 53.8 Å². The molecule has 1 atom stereocenters. The van der Waals surface area contributed by atoms with Crippen molar-refractivity contribution in [2.75, 3.05) is 7.11 Å². The second-order valence-corrected chi connectivity index (χ2v) is 7.95. The lowest BCUT2D eigenvalue weighted by molar-refractivity contribution is 0.0949. The number of fused-ring (bicyclic) bond motifs is 1. The summed E-state index contributed by atoms with van der Waals surface area (Å²) in [6, 6.07) is 16.0. The first kappa shape index (κ1) is 20.9. The molecule has 0 bridgehead atoms. The molecule has 1 heterocycles. The molecule has 4 rings (SSSR count). The van der Waals surface area contributed by atoms with Gasteiger partial charge in [0.2, 0.25) is 0 Å². The first-order chi connectivity index (χ1) is 14.9. The van der Waals surface area contributed by atoms with Gasteiger partial charge >= 0.3 is 0 Å². The molecule has 0 saturated carbocycles. The number of ether oxygens (including phenoxy) is 1. The fourth-order valence-corrected chi connectivity index (χ4v) is 3.92. The fraction of sp³-hybridized carbons (Fsp3) is 0.208. The molecule has 1 aliphatic rings. The van der Waals surface area contributed by atoms with Crippen LogP contribution in [-0.4, -0.2) is 23.8 Å². The van der Waals surface area contributed by atoms with Crippen molar-refractivity contribution in [3.05, 3.63) is 97.9 Å². The van der Waals surface area contributed by atoms with Crippen molar-refractivity contribution < 1.29 is 14.3 Å². The number of ketones is 1. The van der Waals surface area contributed by atoms with Crippen LogP contribution < -0.4 is 15.6 Å². The average molecular weight is 437 g/mol. The fourth-order valence-electron chi connectivity index (χ4n) is 3.79. The maximum Gasteiger partial charge on any atom is 0.261 e. The third-order valence-corrected chi connectivity index (χ3v) is 5.76. The second-order valence-electron chi connectivity index (χ2n) is 7.52. The van der Waals surface area contributed by atoms with Crippen molar-refractivity contribution in [3.63, 3.8) is 0 Å². The van der Waals surface area contributed by atoms with Crippen molar-refractivity contribution in [2.24, 2.45) is 0 Å². The summed E-state index contributed by atoms with van der Waals surface area (Å²) in [4.78, 5) is 40.7. The highest BCUT2D eigenvalue weighted by Crippen LogP contribution is 2.32. The van der Waals surface area contributed by atoms with Crippen LogP contribution in [0.2, 0.25) is 5.02 Å². The molecular formula is C24H21ClN2O4. The predicted molar refractivity (Wildman–Crippen MR) is 118 cm³/mol. The molecule has 3 aromatic rings. The highest BCUT2D eigenvalue weighted by molar-refractivity contribution is 6.30. The van der Waals surface area contributed by atoms with Gasteiger partial charge in [-0.15, -0.1) is 0 Å². The Balaban J connectivity index is 1.52. The molecule has 1 aliphatic carbocycles. The average Bonchev–Trinajstić information content (AvgIpc) is 2.78. The van der Waals surface area contributed by atoms with E-state index in [1.54, 1.807) is 31.4 Å². The van der Waals surface area contributed by atoms with Crippen LogP contribution in [0, 0.1) is 0 Å². The van der Waals surface area contributed by atoms with Gasteiger partial charge in [-0.2, -0.15) is 0 Å². The molecule has 2 N–H and O–H groups in total. The van der Waals surface area contributed by atoms with Crippen molar-refractivity contribution in [1.29, 1.82) is 0 Å². The van der Waals surface area contributed by atoms with Crippen LogP contribution in [-0.2, 0) is 13.0 Å². The van der Waals surface area contributed by atoms with Gasteiger partial charge in [-0.3, -0.25) is 14.4 Å². The first-order valence-corrected chi connectivity index (χ1v) is 10.3. The molecule has 1 unspecified atom stereocenters. The standard InChI is InChI=1S/C24H21ClN2O4/c1-31-18-8-4-15(5-9-18)16-10-21-19(22(28)11-16)12-20(24(30)27-21)23(29)26-13-14-2-6-17(25)7-3-14/h2-9,12,16H,10-11,13H2,1H3,(H,26,29)(H,27,30). The molecule has 158 valence electrons. The molecule has 6 nitrogen and oxygen atoms in total. The number of hydrogen-bond acceptors (Lipinski definition) is 4. The van der Waals surface area contributed by atoms with Crippen molar-refractivity contribution in [1.82, 2.24) is 10.3 Å². The summed E-state index contributed by atoms with van der Waals surface area (Å²) in [7, 11) is 1.60. The Morgan fingerprint density at radius 1 is 1.10 bits per heavy atom. The van der Waals surface area contributed by atoms with E-state index < -0.39 is 11.5 Å². The summed E-state index contributed by atoms with van der Waals surface area (Å²) in [6.45, 7) is 0.250. The number of amides is 1. The van der Waals surface area contributed by atoms with Crippen molar-refractivity contribution in [2.45, 2.75) is 25.3 Å². The lowest BCUT2D eigenvalue weighted by Crippen LogP contribution is -2.32. The molecule has 0 spiro atoms. The van der Waals surface area contributed by atoms with Gasteiger partial charge in [0, 0.05) is 29.2 Å². The van der Waals surface area contributed by atoms with Gasteiger partial charge in [0.15, 0.2) is 5.78 Å². The number of pyridine rings is 1. The van der Waals surface area contributed by atoms with E-state index in [1.165, 1.54) is 6.07 Å². The first-order valence-electron chi connectivity index (χ1n) is 9.90. The summed E-state index contributed by atoms with van der Waals surface area (Å²) in [5.74, 6) is 0.0919. The van der Waals surface area contributed by atoms with Crippen LogP contribution in [0.3, 0.4) is 0 Å². The summed E-state index contributed by atoms with van der Waals surface area (Å²) < 4.78 is 5.18. The SMILES string of the molecule is COc1ccc(C2CC(=O)c3cc(C(=O)NCc4ccc(Cl)cc4)c(=O)[nH]c3C2)cc1. The lowest BCUT2D eigenvalue weighted by Gasteiger charge is -2.24. The molecule has 1 amide bonds. The normalized spacial score (nSPS) is 15.3. The van der Waals surface area contributed by atoms with Crippen molar-refractivity contribution in [3.8, 4) is 5.75 Å². The molecule has 0 aliphatic heterocycles. The minimum atomic E-state index is -0.524. The number of H-pyrrole nitrogens is 1. The zero-order valence-corrected chi connectivity index (χ0v) is 17.7.